The third kappa shape index (κ3) is 3.71. The lowest BCUT2D eigenvalue weighted by molar-refractivity contribution is 0.0690. The van der Waals surface area contributed by atoms with Gasteiger partial charge in [-0.1, -0.05) is 6.92 Å². The molecule has 0 aliphatic carbocycles. The highest BCUT2D eigenvalue weighted by atomic mass is 16.5. The van der Waals surface area contributed by atoms with E-state index in [-0.39, 0.29) is 5.69 Å². The second-order valence-electron chi connectivity index (χ2n) is 4.10. The first-order valence-corrected chi connectivity index (χ1v) is 6.29. The molecule has 0 aliphatic rings. The van der Waals surface area contributed by atoms with Crippen LogP contribution in [0, 0.1) is 0 Å². The van der Waals surface area contributed by atoms with Crippen LogP contribution in [0.5, 0.6) is 17.2 Å². The van der Waals surface area contributed by atoms with Crippen molar-refractivity contribution >= 4 is 5.97 Å². The topological polar surface area (TPSA) is 68.7 Å². The minimum absolute atomic E-state index is 0.0506. The van der Waals surface area contributed by atoms with Gasteiger partial charge in [-0.25, -0.2) is 9.78 Å². The van der Waals surface area contributed by atoms with Crippen LogP contribution in [0.15, 0.2) is 42.6 Å². The minimum Gasteiger partial charge on any atom is -0.494 e. The van der Waals surface area contributed by atoms with E-state index in [0.717, 1.165) is 12.2 Å². The van der Waals surface area contributed by atoms with Crippen LogP contribution in [-0.2, 0) is 0 Å². The number of rotatable bonds is 6. The first kappa shape index (κ1) is 13.9. The lowest BCUT2D eigenvalue weighted by atomic mass is 10.3. The van der Waals surface area contributed by atoms with E-state index in [1.165, 1.54) is 12.3 Å². The number of carbonyl (C=O) groups is 1. The Morgan fingerprint density at radius 1 is 1.15 bits per heavy atom. The number of nitrogens with zero attached hydrogens (tertiary/aromatic N) is 1. The van der Waals surface area contributed by atoms with E-state index in [4.69, 9.17) is 14.6 Å². The van der Waals surface area contributed by atoms with Crippen molar-refractivity contribution in [3.8, 4) is 17.2 Å². The molecule has 0 fully saturated rings. The molecule has 5 nitrogen and oxygen atoms in total. The Morgan fingerprint density at radius 3 is 2.50 bits per heavy atom. The maximum absolute atomic E-state index is 10.8. The zero-order chi connectivity index (χ0) is 14.4. The van der Waals surface area contributed by atoms with Crippen molar-refractivity contribution in [2.45, 2.75) is 13.3 Å². The van der Waals surface area contributed by atoms with Gasteiger partial charge in [0, 0.05) is 12.3 Å². The molecule has 0 aliphatic heterocycles. The molecule has 0 atom stereocenters. The maximum atomic E-state index is 10.8. The molecule has 0 unspecified atom stereocenters. The predicted molar refractivity (Wildman–Crippen MR) is 73.5 cm³/mol. The number of benzene rings is 1. The summed E-state index contributed by atoms with van der Waals surface area (Å²) in [5, 5.41) is 8.86. The van der Waals surface area contributed by atoms with Gasteiger partial charge < -0.3 is 14.6 Å². The van der Waals surface area contributed by atoms with Gasteiger partial charge in [0.25, 0.3) is 0 Å². The van der Waals surface area contributed by atoms with Gasteiger partial charge in [-0.3, -0.25) is 0 Å². The summed E-state index contributed by atoms with van der Waals surface area (Å²) in [6.45, 7) is 2.72. The molecule has 1 N–H and O–H groups in total. The normalized spacial score (nSPS) is 10.1. The lowest BCUT2D eigenvalue weighted by Crippen LogP contribution is -1.99. The molecule has 20 heavy (non-hydrogen) atoms. The van der Waals surface area contributed by atoms with Gasteiger partial charge in [-0.05, 0) is 36.8 Å². The molecular weight excluding hydrogens is 258 g/mol. The van der Waals surface area contributed by atoms with Crippen molar-refractivity contribution in [3.63, 3.8) is 0 Å². The number of carboxylic acids is 1. The van der Waals surface area contributed by atoms with Gasteiger partial charge in [0.2, 0.25) is 0 Å². The molecular formula is C15H15NO4. The molecule has 0 saturated heterocycles. The summed E-state index contributed by atoms with van der Waals surface area (Å²) in [6.07, 6.45) is 2.35. The summed E-state index contributed by atoms with van der Waals surface area (Å²) < 4.78 is 11.0. The summed E-state index contributed by atoms with van der Waals surface area (Å²) in [7, 11) is 0. The summed E-state index contributed by atoms with van der Waals surface area (Å²) in [5.41, 5.74) is -0.0506. The molecule has 1 heterocycles. The van der Waals surface area contributed by atoms with E-state index < -0.39 is 5.97 Å². The number of pyridine rings is 1. The average molecular weight is 273 g/mol. The molecule has 0 spiro atoms. The van der Waals surface area contributed by atoms with Crippen LogP contribution in [0.1, 0.15) is 23.8 Å². The van der Waals surface area contributed by atoms with Gasteiger partial charge in [0.05, 0.1) is 6.61 Å². The zero-order valence-corrected chi connectivity index (χ0v) is 11.1. The van der Waals surface area contributed by atoms with Crippen molar-refractivity contribution in [1.29, 1.82) is 0 Å². The summed E-state index contributed by atoms with van der Waals surface area (Å²) >= 11 is 0. The molecule has 1 aromatic heterocycles. The number of aromatic carboxylic acids is 1. The quantitative estimate of drug-likeness (QED) is 0.874. The van der Waals surface area contributed by atoms with Gasteiger partial charge in [-0.2, -0.15) is 0 Å². The largest absolute Gasteiger partial charge is 0.494 e. The number of aromatic nitrogens is 1. The molecule has 1 aromatic carbocycles. The van der Waals surface area contributed by atoms with Crippen LogP contribution in [0.4, 0.5) is 0 Å². The fourth-order valence-corrected chi connectivity index (χ4v) is 1.55. The van der Waals surface area contributed by atoms with Crippen LogP contribution >= 0.6 is 0 Å². The van der Waals surface area contributed by atoms with E-state index in [9.17, 15) is 4.79 Å². The summed E-state index contributed by atoms with van der Waals surface area (Å²) in [5.74, 6) is 0.731. The third-order valence-electron chi connectivity index (χ3n) is 2.48. The summed E-state index contributed by atoms with van der Waals surface area (Å²) in [6, 6.07) is 10.1. The molecule has 2 rings (SSSR count). The van der Waals surface area contributed by atoms with E-state index in [2.05, 4.69) is 4.98 Å². The average Bonchev–Trinajstić information content (AvgIpc) is 2.47. The molecule has 5 heteroatoms. The van der Waals surface area contributed by atoms with Crippen molar-refractivity contribution in [3.05, 3.63) is 48.3 Å². The standard InChI is InChI=1S/C15H15NO4/c1-2-9-19-11-3-5-12(6-4-11)20-13-7-8-16-14(10-13)15(17)18/h3-8,10H,2,9H2,1H3,(H,17,18). The first-order valence-electron chi connectivity index (χ1n) is 6.29. The fourth-order valence-electron chi connectivity index (χ4n) is 1.55. The van der Waals surface area contributed by atoms with Gasteiger partial charge in [-0.15, -0.1) is 0 Å². The van der Waals surface area contributed by atoms with Crippen molar-refractivity contribution < 1.29 is 19.4 Å². The second kappa shape index (κ2) is 6.56. The summed E-state index contributed by atoms with van der Waals surface area (Å²) in [4.78, 5) is 14.5. The Hall–Kier alpha value is -2.56. The Balaban J connectivity index is 2.06. The molecule has 0 amide bonds. The fraction of sp³-hybridized carbons (Fsp3) is 0.200. The predicted octanol–water partition coefficient (Wildman–Crippen LogP) is 3.36. The third-order valence-corrected chi connectivity index (χ3v) is 2.48. The highest BCUT2D eigenvalue weighted by Gasteiger charge is 2.06. The Kier molecular flexibility index (Phi) is 4.55. The van der Waals surface area contributed by atoms with Crippen LogP contribution < -0.4 is 9.47 Å². The Labute approximate surface area is 116 Å². The maximum Gasteiger partial charge on any atom is 0.354 e. The monoisotopic (exact) mass is 273 g/mol. The van der Waals surface area contributed by atoms with E-state index >= 15 is 0 Å². The highest BCUT2D eigenvalue weighted by molar-refractivity contribution is 5.85. The van der Waals surface area contributed by atoms with E-state index in [1.54, 1.807) is 18.2 Å². The Bertz CT molecular complexity index is 581. The van der Waals surface area contributed by atoms with Crippen LogP contribution in [-0.4, -0.2) is 22.7 Å². The van der Waals surface area contributed by atoms with Crippen LogP contribution in [0.25, 0.3) is 0 Å². The van der Waals surface area contributed by atoms with Gasteiger partial charge in [0.15, 0.2) is 5.69 Å². The van der Waals surface area contributed by atoms with Gasteiger partial charge >= 0.3 is 5.97 Å². The second-order valence-corrected chi connectivity index (χ2v) is 4.10. The Morgan fingerprint density at radius 2 is 1.85 bits per heavy atom. The van der Waals surface area contributed by atoms with Crippen molar-refractivity contribution in [1.82, 2.24) is 4.98 Å². The zero-order valence-electron chi connectivity index (χ0n) is 11.1. The van der Waals surface area contributed by atoms with E-state index in [1.807, 2.05) is 19.1 Å². The van der Waals surface area contributed by atoms with Crippen LogP contribution in [0.2, 0.25) is 0 Å². The number of hydrogen-bond donors (Lipinski definition) is 1. The lowest BCUT2D eigenvalue weighted by Gasteiger charge is -2.08. The SMILES string of the molecule is CCCOc1ccc(Oc2ccnc(C(=O)O)c2)cc1. The smallest absolute Gasteiger partial charge is 0.354 e. The molecule has 0 saturated carbocycles. The number of carboxylic acid groups (broad SMARTS) is 1. The molecule has 2 aromatic rings. The number of hydrogen-bond acceptors (Lipinski definition) is 4. The van der Waals surface area contributed by atoms with E-state index in [0.29, 0.717) is 18.1 Å². The highest BCUT2D eigenvalue weighted by Crippen LogP contribution is 2.24. The van der Waals surface area contributed by atoms with Gasteiger partial charge in [0.1, 0.15) is 17.2 Å². The molecule has 0 bridgehead atoms. The van der Waals surface area contributed by atoms with Crippen molar-refractivity contribution in [2.75, 3.05) is 6.61 Å². The van der Waals surface area contributed by atoms with Crippen LogP contribution in [0.3, 0.4) is 0 Å². The number of ether oxygens (including phenoxy) is 2. The molecule has 0 radical (unpaired) electrons. The first-order chi connectivity index (χ1) is 9.69. The van der Waals surface area contributed by atoms with Crippen molar-refractivity contribution in [2.24, 2.45) is 0 Å². The minimum atomic E-state index is -1.08. The molecule has 104 valence electrons.